The Kier molecular flexibility index (Phi) is 2.77. The van der Waals surface area contributed by atoms with Crippen LogP contribution in [-0.2, 0) is 0 Å². The van der Waals surface area contributed by atoms with E-state index < -0.39 is 0 Å². The van der Waals surface area contributed by atoms with E-state index in [4.69, 9.17) is 9.47 Å². The summed E-state index contributed by atoms with van der Waals surface area (Å²) in [5, 5.41) is 2.24. The van der Waals surface area contributed by atoms with Gasteiger partial charge in [-0.05, 0) is 17.5 Å². The molecule has 0 fully saturated rings. The second-order valence-corrected chi connectivity index (χ2v) is 3.02. The Morgan fingerprint density at radius 3 is 1.93 bits per heavy atom. The van der Waals surface area contributed by atoms with Gasteiger partial charge in [-0.1, -0.05) is 38.1 Å². The van der Waals surface area contributed by atoms with Gasteiger partial charge in [0.15, 0.2) is 0 Å². The quantitative estimate of drug-likeness (QED) is 0.650. The molecule has 0 radical (unpaired) electrons. The highest BCUT2D eigenvalue weighted by Crippen LogP contribution is 2.36. The van der Waals surface area contributed by atoms with Gasteiger partial charge in [0.05, 0.1) is 5.39 Å². The third-order valence-electron chi connectivity index (χ3n) is 2.26. The average Bonchev–Trinajstić information content (AvgIpc) is 2.33. The molecule has 0 spiro atoms. The van der Waals surface area contributed by atoms with Crippen LogP contribution in [0.1, 0.15) is 13.8 Å². The fraction of sp³-hybridized carbons (Fsp3) is 0.231. The van der Waals surface area contributed by atoms with Crippen molar-refractivity contribution >= 4 is 10.8 Å². The smallest absolute Gasteiger partial charge is 0.230 e. The van der Waals surface area contributed by atoms with Gasteiger partial charge < -0.3 is 9.47 Å². The second kappa shape index (κ2) is 4.22. The van der Waals surface area contributed by atoms with Crippen LogP contribution in [0.4, 0.5) is 0 Å². The van der Waals surface area contributed by atoms with Gasteiger partial charge in [0.1, 0.15) is 11.5 Å². The standard InChI is InChI=1S/C11H8O2.C2H6/c1-3-8-4-2-6-10-11(8)9(5-1)12-7-13-10;1-2/h1-6H,7H2;1-2H3. The Morgan fingerprint density at radius 2 is 1.40 bits per heavy atom. The third-order valence-corrected chi connectivity index (χ3v) is 2.26. The van der Waals surface area contributed by atoms with Crippen molar-refractivity contribution in [2.24, 2.45) is 0 Å². The largest absolute Gasteiger partial charge is 0.457 e. The SMILES string of the molecule is CC.c1cc2c3c(cccc3c1)OCO2. The first-order valence-corrected chi connectivity index (χ1v) is 5.22. The second-order valence-electron chi connectivity index (χ2n) is 3.02. The van der Waals surface area contributed by atoms with Gasteiger partial charge in [-0.2, -0.15) is 0 Å². The molecule has 0 aliphatic carbocycles. The molecule has 15 heavy (non-hydrogen) atoms. The van der Waals surface area contributed by atoms with Crippen molar-refractivity contribution in [3.63, 3.8) is 0 Å². The summed E-state index contributed by atoms with van der Waals surface area (Å²) in [6.45, 7) is 4.32. The maximum absolute atomic E-state index is 5.37. The molecular formula is C13H14O2. The molecule has 0 unspecified atom stereocenters. The van der Waals surface area contributed by atoms with E-state index in [0.717, 1.165) is 22.3 Å². The molecule has 0 atom stereocenters. The predicted octanol–water partition coefficient (Wildman–Crippen LogP) is 3.59. The summed E-state index contributed by atoms with van der Waals surface area (Å²) in [5.74, 6) is 1.83. The van der Waals surface area contributed by atoms with E-state index in [-0.39, 0.29) is 0 Å². The van der Waals surface area contributed by atoms with Crippen molar-refractivity contribution in [2.75, 3.05) is 6.79 Å². The minimum absolute atomic E-state index is 0.316. The van der Waals surface area contributed by atoms with Gasteiger partial charge in [0, 0.05) is 0 Å². The fourth-order valence-corrected chi connectivity index (χ4v) is 1.67. The van der Waals surface area contributed by atoms with E-state index in [0.29, 0.717) is 6.79 Å². The number of benzene rings is 2. The Balaban J connectivity index is 0.000000404. The molecule has 1 aliphatic rings. The van der Waals surface area contributed by atoms with Crippen molar-refractivity contribution in [1.82, 2.24) is 0 Å². The van der Waals surface area contributed by atoms with E-state index in [1.807, 2.05) is 38.1 Å². The summed E-state index contributed by atoms with van der Waals surface area (Å²) >= 11 is 0. The molecule has 78 valence electrons. The first-order valence-electron chi connectivity index (χ1n) is 5.22. The summed E-state index contributed by atoms with van der Waals surface area (Å²) in [5.41, 5.74) is 0. The van der Waals surface area contributed by atoms with Gasteiger partial charge in [-0.25, -0.2) is 0 Å². The van der Waals surface area contributed by atoms with Crippen LogP contribution < -0.4 is 9.47 Å². The lowest BCUT2D eigenvalue weighted by Crippen LogP contribution is -2.10. The molecule has 1 heterocycles. The molecule has 0 amide bonds. The molecule has 0 aromatic heterocycles. The van der Waals surface area contributed by atoms with Crippen LogP contribution in [0.15, 0.2) is 36.4 Å². The molecule has 1 aliphatic heterocycles. The van der Waals surface area contributed by atoms with Crippen molar-refractivity contribution in [3.05, 3.63) is 36.4 Å². The summed E-state index contributed by atoms with van der Waals surface area (Å²) < 4.78 is 10.7. The van der Waals surface area contributed by atoms with Crippen LogP contribution in [0.3, 0.4) is 0 Å². The maximum Gasteiger partial charge on any atom is 0.230 e. The third kappa shape index (κ3) is 1.63. The summed E-state index contributed by atoms with van der Waals surface area (Å²) in [4.78, 5) is 0. The highest BCUT2D eigenvalue weighted by Gasteiger charge is 2.12. The first kappa shape index (κ1) is 9.84. The minimum Gasteiger partial charge on any atom is -0.457 e. The van der Waals surface area contributed by atoms with Crippen LogP contribution in [-0.4, -0.2) is 6.79 Å². The zero-order chi connectivity index (χ0) is 10.7. The minimum atomic E-state index is 0.316. The van der Waals surface area contributed by atoms with Crippen LogP contribution in [0.5, 0.6) is 11.5 Å². The van der Waals surface area contributed by atoms with Gasteiger partial charge in [0.25, 0.3) is 0 Å². The topological polar surface area (TPSA) is 18.5 Å². The predicted molar refractivity (Wildman–Crippen MR) is 61.4 cm³/mol. The lowest BCUT2D eigenvalue weighted by atomic mass is 10.1. The molecular weight excluding hydrogens is 188 g/mol. The highest BCUT2D eigenvalue weighted by molar-refractivity contribution is 5.94. The summed E-state index contributed by atoms with van der Waals surface area (Å²) in [6.07, 6.45) is 0. The molecule has 0 saturated carbocycles. The lowest BCUT2D eigenvalue weighted by Gasteiger charge is -2.18. The zero-order valence-corrected chi connectivity index (χ0v) is 8.99. The summed E-state index contributed by atoms with van der Waals surface area (Å²) in [7, 11) is 0. The Morgan fingerprint density at radius 1 is 0.867 bits per heavy atom. The monoisotopic (exact) mass is 202 g/mol. The number of ether oxygens (including phenoxy) is 2. The van der Waals surface area contributed by atoms with Gasteiger partial charge in [-0.15, -0.1) is 0 Å². The average molecular weight is 202 g/mol. The molecule has 0 bridgehead atoms. The molecule has 2 aromatic carbocycles. The highest BCUT2D eigenvalue weighted by atomic mass is 16.7. The summed E-state index contributed by atoms with van der Waals surface area (Å²) in [6, 6.07) is 12.0. The van der Waals surface area contributed by atoms with Crippen molar-refractivity contribution < 1.29 is 9.47 Å². The molecule has 0 N–H and O–H groups in total. The van der Waals surface area contributed by atoms with E-state index in [1.54, 1.807) is 0 Å². The van der Waals surface area contributed by atoms with Crippen LogP contribution >= 0.6 is 0 Å². The normalized spacial score (nSPS) is 12.1. The van der Waals surface area contributed by atoms with Crippen LogP contribution in [0, 0.1) is 0 Å². The van der Waals surface area contributed by atoms with Crippen LogP contribution in [0.25, 0.3) is 10.8 Å². The lowest BCUT2D eigenvalue weighted by molar-refractivity contribution is 0.112. The Labute approximate surface area is 89.4 Å². The van der Waals surface area contributed by atoms with Crippen molar-refractivity contribution in [3.8, 4) is 11.5 Å². The van der Waals surface area contributed by atoms with Crippen molar-refractivity contribution in [1.29, 1.82) is 0 Å². The van der Waals surface area contributed by atoms with Gasteiger partial charge in [-0.3, -0.25) is 0 Å². The number of hydrogen-bond donors (Lipinski definition) is 0. The van der Waals surface area contributed by atoms with E-state index in [9.17, 15) is 0 Å². The molecule has 2 heteroatoms. The maximum atomic E-state index is 5.37. The zero-order valence-electron chi connectivity index (χ0n) is 8.99. The molecule has 2 nitrogen and oxygen atoms in total. The van der Waals surface area contributed by atoms with E-state index in [1.165, 1.54) is 0 Å². The van der Waals surface area contributed by atoms with Gasteiger partial charge >= 0.3 is 0 Å². The first-order chi connectivity index (χ1) is 7.45. The van der Waals surface area contributed by atoms with E-state index in [2.05, 4.69) is 12.1 Å². The molecule has 2 aromatic rings. The Bertz CT molecular complexity index is 424. The van der Waals surface area contributed by atoms with E-state index >= 15 is 0 Å². The van der Waals surface area contributed by atoms with Gasteiger partial charge in [0.2, 0.25) is 6.79 Å². The Hall–Kier alpha value is -1.70. The fourth-order valence-electron chi connectivity index (χ4n) is 1.67. The molecule has 0 saturated heterocycles. The number of rotatable bonds is 0. The van der Waals surface area contributed by atoms with Crippen molar-refractivity contribution in [2.45, 2.75) is 13.8 Å². The molecule has 3 rings (SSSR count). The number of hydrogen-bond acceptors (Lipinski definition) is 2. The van der Waals surface area contributed by atoms with Crippen LogP contribution in [0.2, 0.25) is 0 Å².